The van der Waals surface area contributed by atoms with Gasteiger partial charge in [-0.3, -0.25) is 4.79 Å². The maximum absolute atomic E-state index is 10.5. The smallest absolute Gasteiger partial charge is 0.229 e. The van der Waals surface area contributed by atoms with Gasteiger partial charge in [0.05, 0.1) is 18.6 Å². The molecule has 0 aromatic carbocycles. The van der Waals surface area contributed by atoms with Gasteiger partial charge in [-0.05, 0) is 0 Å². The first-order valence-corrected chi connectivity index (χ1v) is 2.83. The van der Waals surface area contributed by atoms with E-state index < -0.39 is 0 Å². The lowest BCUT2D eigenvalue weighted by Gasteiger charge is -2.32. The molecule has 0 aliphatic carbocycles. The molecule has 1 rings (SSSR count). The summed E-state index contributed by atoms with van der Waals surface area (Å²) < 4.78 is 0. The number of carbonyl (C=O) groups excluding carboxylic acids is 1. The Labute approximate surface area is 53.4 Å². The molecule has 0 saturated carbocycles. The van der Waals surface area contributed by atoms with Crippen molar-refractivity contribution in [2.24, 2.45) is 5.92 Å². The quantitative estimate of drug-likeness (QED) is 0.380. The third-order valence-electron chi connectivity index (χ3n) is 1.51. The summed E-state index contributed by atoms with van der Waals surface area (Å²) in [7, 11) is 0. The maximum atomic E-state index is 10.5. The second-order valence-corrected chi connectivity index (χ2v) is 2.06. The Bertz CT molecular complexity index is 144. The lowest BCUT2D eigenvalue weighted by molar-refractivity contribution is -0.133. The highest BCUT2D eigenvalue weighted by Crippen LogP contribution is 2.14. The van der Waals surface area contributed by atoms with E-state index in [2.05, 4.69) is 11.9 Å². The number of aliphatic hydroxyl groups excluding tert-OH is 1. The molecule has 3 heteroatoms. The molecule has 9 heavy (non-hydrogen) atoms. The molecule has 2 atom stereocenters. The molecular formula is C6H9NO2. The molecule has 1 aliphatic heterocycles. The van der Waals surface area contributed by atoms with Crippen molar-refractivity contribution in [3.63, 3.8) is 0 Å². The first kappa shape index (κ1) is 6.29. The average Bonchev–Trinajstić information content (AvgIpc) is 1.83. The normalized spacial score (nSPS) is 32.8. The van der Waals surface area contributed by atoms with E-state index in [0.29, 0.717) is 0 Å². The summed E-state index contributed by atoms with van der Waals surface area (Å²) in [4.78, 5) is 10.5. The Morgan fingerprint density at radius 2 is 2.56 bits per heavy atom. The molecular weight excluding hydrogens is 118 g/mol. The van der Waals surface area contributed by atoms with Crippen LogP contribution in [0.2, 0.25) is 0 Å². The van der Waals surface area contributed by atoms with E-state index in [1.54, 1.807) is 6.08 Å². The van der Waals surface area contributed by atoms with E-state index in [1.807, 2.05) is 0 Å². The van der Waals surface area contributed by atoms with Crippen molar-refractivity contribution < 1.29 is 9.90 Å². The van der Waals surface area contributed by atoms with Crippen molar-refractivity contribution >= 4 is 5.91 Å². The minimum absolute atomic E-state index is 0.00241. The van der Waals surface area contributed by atoms with Gasteiger partial charge in [-0.1, -0.05) is 6.08 Å². The van der Waals surface area contributed by atoms with E-state index in [4.69, 9.17) is 5.11 Å². The van der Waals surface area contributed by atoms with Gasteiger partial charge in [-0.15, -0.1) is 6.58 Å². The molecule has 1 saturated heterocycles. The van der Waals surface area contributed by atoms with Crippen LogP contribution < -0.4 is 5.32 Å². The van der Waals surface area contributed by atoms with Crippen molar-refractivity contribution in [1.29, 1.82) is 0 Å². The molecule has 1 aliphatic rings. The molecule has 2 N–H and O–H groups in total. The minimum Gasteiger partial charge on any atom is -0.394 e. The van der Waals surface area contributed by atoms with Crippen LogP contribution >= 0.6 is 0 Å². The number of aliphatic hydroxyl groups is 1. The van der Waals surface area contributed by atoms with E-state index in [1.165, 1.54) is 0 Å². The van der Waals surface area contributed by atoms with Crippen molar-refractivity contribution in [3.05, 3.63) is 12.7 Å². The van der Waals surface area contributed by atoms with Gasteiger partial charge in [0, 0.05) is 0 Å². The van der Waals surface area contributed by atoms with Gasteiger partial charge in [0.25, 0.3) is 0 Å². The average molecular weight is 127 g/mol. The van der Waals surface area contributed by atoms with Gasteiger partial charge in [-0.25, -0.2) is 0 Å². The molecule has 0 aromatic heterocycles. The molecule has 1 heterocycles. The first-order chi connectivity index (χ1) is 4.29. The number of carbonyl (C=O) groups is 1. The lowest BCUT2D eigenvalue weighted by Crippen LogP contribution is -2.58. The van der Waals surface area contributed by atoms with Gasteiger partial charge < -0.3 is 10.4 Å². The van der Waals surface area contributed by atoms with Crippen LogP contribution in [0.4, 0.5) is 0 Å². The molecule has 3 nitrogen and oxygen atoms in total. The Morgan fingerprint density at radius 3 is 2.78 bits per heavy atom. The second kappa shape index (κ2) is 2.19. The van der Waals surface area contributed by atoms with Crippen molar-refractivity contribution in [2.75, 3.05) is 6.61 Å². The van der Waals surface area contributed by atoms with Crippen LogP contribution in [0.15, 0.2) is 12.7 Å². The number of rotatable bonds is 2. The summed E-state index contributed by atoms with van der Waals surface area (Å²) in [5, 5.41) is 11.1. The number of nitrogens with one attached hydrogen (secondary N) is 1. The summed E-state index contributed by atoms with van der Waals surface area (Å²) >= 11 is 0. The zero-order valence-corrected chi connectivity index (χ0v) is 5.00. The summed E-state index contributed by atoms with van der Waals surface area (Å²) in [5.41, 5.74) is 0. The number of β-lactam (4-membered cyclic amide) rings is 1. The van der Waals surface area contributed by atoms with Gasteiger partial charge >= 0.3 is 0 Å². The second-order valence-electron chi connectivity index (χ2n) is 2.06. The summed E-state index contributed by atoms with van der Waals surface area (Å²) in [6.07, 6.45) is 1.56. The highest BCUT2D eigenvalue weighted by molar-refractivity contribution is 5.87. The fourth-order valence-electron chi connectivity index (χ4n) is 0.886. The molecule has 0 spiro atoms. The van der Waals surface area contributed by atoms with E-state index in [-0.39, 0.29) is 24.5 Å². The zero-order chi connectivity index (χ0) is 6.85. The van der Waals surface area contributed by atoms with E-state index >= 15 is 0 Å². The Hall–Kier alpha value is -0.830. The number of amides is 1. The van der Waals surface area contributed by atoms with Crippen LogP contribution in [0.25, 0.3) is 0 Å². The maximum Gasteiger partial charge on any atom is 0.229 e. The SMILES string of the molecule is C=CC1C(=O)NC1CO. The van der Waals surface area contributed by atoms with Gasteiger partial charge in [-0.2, -0.15) is 0 Å². The van der Waals surface area contributed by atoms with Crippen molar-refractivity contribution in [1.82, 2.24) is 5.32 Å². The molecule has 1 amide bonds. The largest absolute Gasteiger partial charge is 0.394 e. The highest BCUT2D eigenvalue weighted by Gasteiger charge is 2.35. The predicted octanol–water partition coefficient (Wildman–Crippen LogP) is -0.721. The van der Waals surface area contributed by atoms with Crippen LogP contribution in [0.1, 0.15) is 0 Å². The van der Waals surface area contributed by atoms with Crippen LogP contribution in [0.3, 0.4) is 0 Å². The molecule has 0 aromatic rings. The Balaban J connectivity index is 2.47. The molecule has 2 unspecified atom stereocenters. The standard InChI is InChI=1S/C6H9NO2/c1-2-4-5(3-8)7-6(4)9/h2,4-5,8H,1,3H2,(H,7,9). The minimum atomic E-state index is -0.171. The van der Waals surface area contributed by atoms with Crippen LogP contribution in [0, 0.1) is 5.92 Å². The highest BCUT2D eigenvalue weighted by atomic mass is 16.3. The topological polar surface area (TPSA) is 49.3 Å². The van der Waals surface area contributed by atoms with Gasteiger partial charge in [0.15, 0.2) is 0 Å². The van der Waals surface area contributed by atoms with Crippen LogP contribution in [0.5, 0.6) is 0 Å². The predicted molar refractivity (Wildman–Crippen MR) is 32.7 cm³/mol. The summed E-state index contributed by atoms with van der Waals surface area (Å²) in [5.74, 6) is -0.209. The molecule has 1 fully saturated rings. The third-order valence-corrected chi connectivity index (χ3v) is 1.51. The molecule has 50 valence electrons. The third kappa shape index (κ3) is 0.833. The van der Waals surface area contributed by atoms with Gasteiger partial charge in [0.1, 0.15) is 0 Å². The van der Waals surface area contributed by atoms with Crippen molar-refractivity contribution in [3.8, 4) is 0 Å². The van der Waals surface area contributed by atoms with Crippen LogP contribution in [-0.2, 0) is 4.79 Å². The van der Waals surface area contributed by atoms with Gasteiger partial charge in [0.2, 0.25) is 5.91 Å². The summed E-state index contributed by atoms with van der Waals surface area (Å²) in [6, 6.07) is -0.0880. The number of hydrogen-bond acceptors (Lipinski definition) is 2. The number of hydrogen-bond donors (Lipinski definition) is 2. The Kier molecular flexibility index (Phi) is 1.53. The van der Waals surface area contributed by atoms with E-state index in [9.17, 15) is 4.79 Å². The Morgan fingerprint density at radius 1 is 1.89 bits per heavy atom. The zero-order valence-electron chi connectivity index (χ0n) is 5.00. The fraction of sp³-hybridized carbons (Fsp3) is 0.500. The van der Waals surface area contributed by atoms with E-state index in [0.717, 1.165) is 0 Å². The lowest BCUT2D eigenvalue weighted by atomic mass is 9.91. The fourth-order valence-corrected chi connectivity index (χ4v) is 0.886. The monoisotopic (exact) mass is 127 g/mol. The first-order valence-electron chi connectivity index (χ1n) is 2.83. The van der Waals surface area contributed by atoms with Crippen molar-refractivity contribution in [2.45, 2.75) is 6.04 Å². The molecule has 0 radical (unpaired) electrons. The van der Waals surface area contributed by atoms with Crippen LogP contribution in [-0.4, -0.2) is 23.7 Å². The summed E-state index contributed by atoms with van der Waals surface area (Å²) in [6.45, 7) is 3.46. The molecule has 0 bridgehead atoms.